The Kier molecular flexibility index (Phi) is 3.94. The summed E-state index contributed by atoms with van der Waals surface area (Å²) < 4.78 is 16.4. The van der Waals surface area contributed by atoms with E-state index >= 15 is 0 Å². The van der Waals surface area contributed by atoms with Gasteiger partial charge >= 0.3 is 8.03 Å². The van der Waals surface area contributed by atoms with E-state index < -0.39 is 13.8 Å². The van der Waals surface area contributed by atoms with Crippen LogP contribution in [0.15, 0.2) is 24.5 Å². The first-order valence-electron chi connectivity index (χ1n) is 5.26. The van der Waals surface area contributed by atoms with E-state index in [9.17, 15) is 14.6 Å². The molecule has 1 aromatic heterocycles. The van der Waals surface area contributed by atoms with Crippen LogP contribution in [0.3, 0.4) is 0 Å². The highest BCUT2D eigenvalue weighted by Crippen LogP contribution is 2.40. The van der Waals surface area contributed by atoms with E-state index in [1.54, 1.807) is 0 Å². The quantitative estimate of drug-likeness (QED) is 0.611. The van der Waals surface area contributed by atoms with Gasteiger partial charge in [-0.2, -0.15) is 15.0 Å². The first-order valence-corrected chi connectivity index (χ1v) is 6.54. The summed E-state index contributed by atoms with van der Waals surface area (Å²) in [5.74, 6) is -0.441. The van der Waals surface area contributed by atoms with Crippen LogP contribution in [-0.4, -0.2) is 32.3 Å². The van der Waals surface area contributed by atoms with Crippen LogP contribution in [0.25, 0.3) is 0 Å². The third kappa shape index (κ3) is 2.98. The van der Waals surface area contributed by atoms with Gasteiger partial charge in [0.05, 0.1) is 7.11 Å². The van der Waals surface area contributed by atoms with Gasteiger partial charge in [0.2, 0.25) is 5.95 Å². The topological polar surface area (TPSA) is 120 Å². The van der Waals surface area contributed by atoms with Crippen molar-refractivity contribution in [3.8, 4) is 11.5 Å². The van der Waals surface area contributed by atoms with Crippen LogP contribution >= 0.6 is 8.03 Å². The third-order valence-electron chi connectivity index (χ3n) is 2.43. The molecular weight excluding hydrogens is 271 g/mol. The minimum absolute atomic E-state index is 0.0437. The predicted molar refractivity (Wildman–Crippen MR) is 67.2 cm³/mol. The summed E-state index contributed by atoms with van der Waals surface area (Å²) in [6.45, 7) is 0. The summed E-state index contributed by atoms with van der Waals surface area (Å²) in [5.41, 5.74) is 0.481. The number of methoxy groups -OCH3 is 1. The molecule has 0 aliphatic carbocycles. The minimum Gasteiger partial charge on any atom is -0.504 e. The maximum absolute atomic E-state index is 11.4. The lowest BCUT2D eigenvalue weighted by atomic mass is 10.2. The van der Waals surface area contributed by atoms with Crippen LogP contribution < -0.4 is 10.1 Å². The molecule has 0 bridgehead atoms. The van der Waals surface area contributed by atoms with Gasteiger partial charge in [0.1, 0.15) is 6.33 Å². The molecule has 1 heterocycles. The van der Waals surface area contributed by atoms with E-state index in [0.29, 0.717) is 5.56 Å². The van der Waals surface area contributed by atoms with Crippen molar-refractivity contribution >= 4 is 14.0 Å². The lowest BCUT2D eigenvalue weighted by Gasteiger charge is -2.09. The Balaban J connectivity index is 2.31. The minimum atomic E-state index is -2.56. The maximum Gasteiger partial charge on any atom is 0.535 e. The molecule has 19 heavy (non-hydrogen) atoms. The van der Waals surface area contributed by atoms with Crippen molar-refractivity contribution < 1.29 is 19.3 Å². The Morgan fingerprint density at radius 3 is 2.89 bits per heavy atom. The van der Waals surface area contributed by atoms with Crippen molar-refractivity contribution in [1.82, 2.24) is 15.2 Å². The van der Waals surface area contributed by atoms with E-state index in [0.717, 1.165) is 0 Å². The van der Waals surface area contributed by atoms with Crippen molar-refractivity contribution in [1.29, 1.82) is 0 Å². The normalized spacial score (nSPS) is 12.8. The molecule has 0 aliphatic rings. The fourth-order valence-electron chi connectivity index (χ4n) is 1.53. The number of aromatic amines is 1. The summed E-state index contributed by atoms with van der Waals surface area (Å²) in [6.07, 6.45) is 1.28. The van der Waals surface area contributed by atoms with Crippen molar-refractivity contribution in [3.05, 3.63) is 30.1 Å². The number of H-pyrrole nitrogens is 1. The number of hydrogen-bond acceptors (Lipinski definition) is 6. The van der Waals surface area contributed by atoms with Gasteiger partial charge in [-0.25, -0.2) is 5.10 Å². The Morgan fingerprint density at radius 1 is 1.53 bits per heavy atom. The molecule has 0 saturated heterocycles. The number of anilines is 1. The summed E-state index contributed by atoms with van der Waals surface area (Å²) in [6, 6.07) is 4.39. The van der Waals surface area contributed by atoms with Gasteiger partial charge in [-0.05, 0) is 22.8 Å². The summed E-state index contributed by atoms with van der Waals surface area (Å²) in [4.78, 5) is 13.2. The standard InChI is InChI=1S/C10H11N4O4P/c1-18-8-4-6(2-3-7(8)15)9(19(16)17)13-10-11-5-12-14-10/h2-5,9H,1H3,(H3-,11,12,13,14,15,16,17)/p+1. The SMILES string of the molecule is COc1cc(C(Nc2ncn[nH]2)[P+](=O)O)ccc1O. The monoisotopic (exact) mass is 283 g/mol. The summed E-state index contributed by atoms with van der Waals surface area (Å²) >= 11 is 0. The Morgan fingerprint density at radius 2 is 2.32 bits per heavy atom. The van der Waals surface area contributed by atoms with E-state index in [-0.39, 0.29) is 17.4 Å². The average molecular weight is 283 g/mol. The van der Waals surface area contributed by atoms with Gasteiger partial charge in [0.15, 0.2) is 11.5 Å². The second-order valence-electron chi connectivity index (χ2n) is 3.61. The molecule has 0 amide bonds. The second kappa shape index (κ2) is 5.64. The van der Waals surface area contributed by atoms with Crippen molar-refractivity contribution in [3.63, 3.8) is 0 Å². The van der Waals surface area contributed by atoms with Crippen LogP contribution in [-0.2, 0) is 4.57 Å². The zero-order valence-corrected chi connectivity index (χ0v) is 10.8. The fraction of sp³-hybridized carbons (Fsp3) is 0.200. The number of phenols is 1. The Labute approximate surface area is 109 Å². The molecule has 2 rings (SSSR count). The molecule has 0 aliphatic heterocycles. The highest BCUT2D eigenvalue weighted by atomic mass is 31.1. The van der Waals surface area contributed by atoms with Gasteiger partial charge in [0.25, 0.3) is 5.78 Å². The zero-order chi connectivity index (χ0) is 13.8. The van der Waals surface area contributed by atoms with Crippen LogP contribution in [0.2, 0.25) is 0 Å². The van der Waals surface area contributed by atoms with Crippen molar-refractivity contribution in [2.45, 2.75) is 5.78 Å². The van der Waals surface area contributed by atoms with E-state index in [2.05, 4.69) is 20.5 Å². The Bertz CT molecular complexity index is 575. The van der Waals surface area contributed by atoms with Crippen LogP contribution in [0, 0.1) is 0 Å². The smallest absolute Gasteiger partial charge is 0.504 e. The lowest BCUT2D eigenvalue weighted by Crippen LogP contribution is -2.08. The maximum atomic E-state index is 11.4. The average Bonchev–Trinajstić information content (AvgIpc) is 2.89. The molecule has 100 valence electrons. The van der Waals surface area contributed by atoms with Crippen LogP contribution in [0.5, 0.6) is 11.5 Å². The molecule has 2 atom stereocenters. The summed E-state index contributed by atoms with van der Waals surface area (Å²) in [5, 5.41) is 18.4. The molecule has 9 heteroatoms. The van der Waals surface area contributed by atoms with E-state index in [4.69, 9.17) is 4.74 Å². The first-order chi connectivity index (χ1) is 9.11. The number of aromatic nitrogens is 3. The van der Waals surface area contributed by atoms with Crippen molar-refractivity contribution in [2.24, 2.45) is 0 Å². The van der Waals surface area contributed by atoms with Gasteiger partial charge in [-0.3, -0.25) is 0 Å². The number of nitrogens with one attached hydrogen (secondary N) is 2. The number of benzene rings is 1. The van der Waals surface area contributed by atoms with E-state index in [1.807, 2.05) is 0 Å². The predicted octanol–water partition coefficient (Wildman–Crippen LogP) is 1.36. The molecule has 1 aromatic carbocycles. The molecule has 0 radical (unpaired) electrons. The van der Waals surface area contributed by atoms with Crippen molar-refractivity contribution in [2.75, 3.05) is 12.4 Å². The molecule has 2 aromatic rings. The lowest BCUT2D eigenvalue weighted by molar-refractivity contribution is 0.373. The highest BCUT2D eigenvalue weighted by molar-refractivity contribution is 7.38. The highest BCUT2D eigenvalue weighted by Gasteiger charge is 2.32. The molecule has 8 nitrogen and oxygen atoms in total. The van der Waals surface area contributed by atoms with Crippen LogP contribution in [0.4, 0.5) is 5.95 Å². The van der Waals surface area contributed by atoms with Gasteiger partial charge < -0.3 is 15.2 Å². The number of nitrogens with zero attached hydrogens (tertiary/aromatic N) is 2. The zero-order valence-electron chi connectivity index (χ0n) is 9.94. The molecule has 0 spiro atoms. The molecule has 2 unspecified atom stereocenters. The largest absolute Gasteiger partial charge is 0.535 e. The second-order valence-corrected chi connectivity index (χ2v) is 4.74. The van der Waals surface area contributed by atoms with Gasteiger partial charge in [-0.1, -0.05) is 0 Å². The Hall–Kier alpha value is -2.18. The van der Waals surface area contributed by atoms with Gasteiger partial charge in [0, 0.05) is 5.56 Å². The molecule has 4 N–H and O–H groups in total. The number of aromatic hydroxyl groups is 1. The third-order valence-corrected chi connectivity index (χ3v) is 3.30. The fourth-order valence-corrected chi connectivity index (χ4v) is 2.18. The number of phenolic OH excluding ortho intramolecular Hbond substituents is 1. The van der Waals surface area contributed by atoms with Crippen LogP contribution in [0.1, 0.15) is 11.3 Å². The molecule has 0 saturated carbocycles. The van der Waals surface area contributed by atoms with Gasteiger partial charge in [-0.15, -0.1) is 0 Å². The molecule has 0 fully saturated rings. The van der Waals surface area contributed by atoms with E-state index in [1.165, 1.54) is 31.6 Å². The summed E-state index contributed by atoms with van der Waals surface area (Å²) in [7, 11) is -1.16. The molecular formula is C10H12N4O4P+. The first kappa shape index (κ1) is 13.3. The number of rotatable bonds is 5. The number of ether oxygens (including phenoxy) is 1. The number of hydrogen-bond donors (Lipinski definition) is 4.